The topological polar surface area (TPSA) is 25.8 Å². The van der Waals surface area contributed by atoms with Gasteiger partial charge in [-0.05, 0) is 78.5 Å². The monoisotopic (exact) mass is 702 g/mol. The number of rotatable bonds is 6. The van der Waals surface area contributed by atoms with Crippen molar-refractivity contribution < 1.29 is 0 Å². The van der Waals surface area contributed by atoms with Crippen LogP contribution >= 0.6 is 0 Å². The highest BCUT2D eigenvalue weighted by atomic mass is 14.9. The maximum Gasteiger partial charge on any atom is 0.160 e. The van der Waals surface area contributed by atoms with Crippen LogP contribution in [0.5, 0.6) is 0 Å². The number of benzene rings is 8. The third kappa shape index (κ3) is 5.75. The predicted octanol–water partition coefficient (Wildman–Crippen LogP) is 13.9. The molecule has 0 atom stereocenters. The molecule has 1 aliphatic rings. The summed E-state index contributed by atoms with van der Waals surface area (Å²) in [6.07, 6.45) is 0. The first kappa shape index (κ1) is 32.7. The molecule has 0 amide bonds. The van der Waals surface area contributed by atoms with E-state index in [-0.39, 0.29) is 5.41 Å². The van der Waals surface area contributed by atoms with Gasteiger partial charge in [-0.3, -0.25) is 0 Å². The Labute approximate surface area is 322 Å². The first-order chi connectivity index (χ1) is 27.0. The number of hydrogen-bond acceptors (Lipinski definition) is 2. The van der Waals surface area contributed by atoms with Crippen molar-refractivity contribution in [3.8, 4) is 78.4 Å². The second-order valence-electron chi connectivity index (χ2n) is 15.0. The quantitative estimate of drug-likeness (QED) is 0.172. The number of nitrogens with zero attached hydrogens (tertiary/aromatic N) is 2. The van der Waals surface area contributed by atoms with E-state index >= 15 is 0 Å². The van der Waals surface area contributed by atoms with Crippen LogP contribution in [0.15, 0.2) is 194 Å². The highest BCUT2D eigenvalue weighted by Crippen LogP contribution is 2.49. The fourth-order valence-corrected chi connectivity index (χ4v) is 8.44. The van der Waals surface area contributed by atoms with Gasteiger partial charge >= 0.3 is 0 Å². The molecule has 10 rings (SSSR count). The minimum absolute atomic E-state index is 0.0234. The van der Waals surface area contributed by atoms with Crippen molar-refractivity contribution in [1.82, 2.24) is 9.97 Å². The largest absolute Gasteiger partial charge is 0.228 e. The van der Waals surface area contributed by atoms with Crippen LogP contribution in [0.4, 0.5) is 0 Å². The van der Waals surface area contributed by atoms with Gasteiger partial charge in [-0.25, -0.2) is 9.97 Å². The van der Waals surface area contributed by atoms with E-state index in [2.05, 4.69) is 184 Å². The fourth-order valence-electron chi connectivity index (χ4n) is 8.44. The van der Waals surface area contributed by atoms with Crippen LogP contribution in [0.2, 0.25) is 0 Å². The summed E-state index contributed by atoms with van der Waals surface area (Å²) >= 11 is 0. The highest BCUT2D eigenvalue weighted by Gasteiger charge is 2.35. The first-order valence-corrected chi connectivity index (χ1v) is 19.0. The lowest BCUT2D eigenvalue weighted by atomic mass is 9.81. The normalized spacial score (nSPS) is 12.7. The minimum atomic E-state index is -0.0234. The molecule has 0 saturated carbocycles. The van der Waals surface area contributed by atoms with Crippen molar-refractivity contribution in [2.75, 3.05) is 0 Å². The van der Waals surface area contributed by atoms with Gasteiger partial charge in [-0.2, -0.15) is 0 Å². The molecule has 0 bridgehead atoms. The van der Waals surface area contributed by atoms with Crippen LogP contribution in [0.1, 0.15) is 25.0 Å². The Balaban J connectivity index is 1.00. The van der Waals surface area contributed by atoms with Crippen molar-refractivity contribution in [2.24, 2.45) is 0 Å². The van der Waals surface area contributed by atoms with Crippen LogP contribution in [0.25, 0.3) is 89.2 Å². The van der Waals surface area contributed by atoms with E-state index < -0.39 is 0 Å². The highest BCUT2D eigenvalue weighted by molar-refractivity contribution is 6.06. The Morgan fingerprint density at radius 2 is 0.800 bits per heavy atom. The Kier molecular flexibility index (Phi) is 7.85. The SMILES string of the molecule is CC1(C)c2ccccc2-c2ccc(-c3ccc(-c4cccc5cccc(-c6ccc(-c7cc(-c8ccccc8)nc(-c8ccccc8)n7)cc6)c45)cc3)cc21. The van der Waals surface area contributed by atoms with Gasteiger partial charge < -0.3 is 0 Å². The Morgan fingerprint density at radius 3 is 1.44 bits per heavy atom. The summed E-state index contributed by atoms with van der Waals surface area (Å²) in [6, 6.07) is 69.6. The summed E-state index contributed by atoms with van der Waals surface area (Å²) in [4.78, 5) is 10.0. The van der Waals surface area contributed by atoms with Crippen molar-refractivity contribution in [2.45, 2.75) is 19.3 Å². The van der Waals surface area contributed by atoms with Crippen molar-refractivity contribution in [3.63, 3.8) is 0 Å². The van der Waals surface area contributed by atoms with Gasteiger partial charge in [-0.1, -0.05) is 196 Å². The lowest BCUT2D eigenvalue weighted by Gasteiger charge is -2.22. The van der Waals surface area contributed by atoms with Gasteiger partial charge in [-0.15, -0.1) is 0 Å². The van der Waals surface area contributed by atoms with Gasteiger partial charge in [0.25, 0.3) is 0 Å². The average Bonchev–Trinajstić information content (AvgIpc) is 3.49. The summed E-state index contributed by atoms with van der Waals surface area (Å²) in [5, 5.41) is 2.47. The van der Waals surface area contributed by atoms with Crippen molar-refractivity contribution in [3.05, 3.63) is 205 Å². The molecule has 55 heavy (non-hydrogen) atoms. The molecule has 0 N–H and O–H groups in total. The third-order valence-corrected chi connectivity index (χ3v) is 11.3. The standard InChI is InChI=1S/C53H38N2/c1-53(2)47-22-10-9-19-45(47)46-32-31-42(33-48(46)53)35-23-25-36(26-24-35)43-20-11-17-40-18-12-21-44(51(40)43)37-27-29-39(30-28-37)50-34-49(38-13-5-3-6-14-38)54-52(55-50)41-15-7-4-8-16-41/h3-34H,1-2H3. The maximum absolute atomic E-state index is 5.06. The van der Waals surface area contributed by atoms with Crippen molar-refractivity contribution >= 4 is 10.8 Å². The van der Waals surface area contributed by atoms with Crippen LogP contribution in [-0.2, 0) is 5.41 Å². The predicted molar refractivity (Wildman–Crippen MR) is 230 cm³/mol. The lowest BCUT2D eigenvalue weighted by molar-refractivity contribution is 0.660. The van der Waals surface area contributed by atoms with Crippen molar-refractivity contribution in [1.29, 1.82) is 0 Å². The molecule has 1 heterocycles. The van der Waals surface area contributed by atoms with E-state index in [9.17, 15) is 0 Å². The van der Waals surface area contributed by atoms with Crippen LogP contribution in [-0.4, -0.2) is 9.97 Å². The van der Waals surface area contributed by atoms with E-state index in [4.69, 9.17) is 9.97 Å². The number of aromatic nitrogens is 2. The summed E-state index contributed by atoms with van der Waals surface area (Å²) < 4.78 is 0. The molecule has 1 aromatic heterocycles. The number of fused-ring (bicyclic) bond motifs is 4. The van der Waals surface area contributed by atoms with E-state index in [0.29, 0.717) is 0 Å². The molecule has 0 fully saturated rings. The Bertz CT molecular complexity index is 2790. The molecule has 0 radical (unpaired) electrons. The molecule has 0 spiro atoms. The zero-order valence-electron chi connectivity index (χ0n) is 30.9. The smallest absolute Gasteiger partial charge is 0.160 e. The molecular formula is C53H38N2. The molecule has 260 valence electrons. The fraction of sp³-hybridized carbons (Fsp3) is 0.0566. The molecule has 2 nitrogen and oxygen atoms in total. The maximum atomic E-state index is 5.06. The molecule has 0 unspecified atom stereocenters. The van der Waals surface area contributed by atoms with Crippen LogP contribution in [0, 0.1) is 0 Å². The van der Waals surface area contributed by atoms with Gasteiger partial charge in [0, 0.05) is 22.1 Å². The summed E-state index contributed by atoms with van der Waals surface area (Å²) in [5.74, 6) is 0.719. The zero-order valence-corrected chi connectivity index (χ0v) is 30.9. The second kappa shape index (κ2) is 13.2. The minimum Gasteiger partial charge on any atom is -0.228 e. The first-order valence-electron chi connectivity index (χ1n) is 19.0. The van der Waals surface area contributed by atoms with E-state index in [1.165, 1.54) is 66.4 Å². The average molecular weight is 703 g/mol. The van der Waals surface area contributed by atoms with E-state index in [1.807, 2.05) is 24.3 Å². The van der Waals surface area contributed by atoms with Gasteiger partial charge in [0.05, 0.1) is 11.4 Å². The van der Waals surface area contributed by atoms with Gasteiger partial charge in [0.15, 0.2) is 5.82 Å². The van der Waals surface area contributed by atoms with Gasteiger partial charge in [0.2, 0.25) is 0 Å². The van der Waals surface area contributed by atoms with Gasteiger partial charge in [0.1, 0.15) is 0 Å². The summed E-state index contributed by atoms with van der Waals surface area (Å²) in [6.45, 7) is 4.69. The molecule has 1 aliphatic carbocycles. The second-order valence-corrected chi connectivity index (χ2v) is 15.0. The lowest BCUT2D eigenvalue weighted by Crippen LogP contribution is -2.14. The summed E-state index contributed by atoms with van der Waals surface area (Å²) in [7, 11) is 0. The molecule has 0 aliphatic heterocycles. The van der Waals surface area contributed by atoms with Crippen LogP contribution < -0.4 is 0 Å². The Morgan fingerprint density at radius 1 is 0.327 bits per heavy atom. The molecule has 2 heteroatoms. The third-order valence-electron chi connectivity index (χ3n) is 11.3. The number of hydrogen-bond donors (Lipinski definition) is 0. The van der Waals surface area contributed by atoms with E-state index in [0.717, 1.165) is 33.9 Å². The Hall–Kier alpha value is -6.90. The van der Waals surface area contributed by atoms with Crippen LogP contribution in [0.3, 0.4) is 0 Å². The molecule has 9 aromatic rings. The zero-order chi connectivity index (χ0) is 36.9. The van der Waals surface area contributed by atoms with E-state index in [1.54, 1.807) is 0 Å². The summed E-state index contributed by atoms with van der Waals surface area (Å²) in [5.41, 5.74) is 17.7. The molecular weight excluding hydrogens is 665 g/mol. The molecule has 8 aromatic carbocycles. The molecule has 0 saturated heterocycles.